The summed E-state index contributed by atoms with van der Waals surface area (Å²) in [5, 5.41) is 10.6. The fraction of sp³-hybridized carbons (Fsp3) is 0.312. The van der Waals surface area contributed by atoms with Crippen molar-refractivity contribution in [3.8, 4) is 0 Å². The molecule has 0 saturated carbocycles. The van der Waals surface area contributed by atoms with E-state index in [4.69, 9.17) is 4.74 Å². The Morgan fingerprint density at radius 2 is 1.95 bits per heavy atom. The minimum Gasteiger partial charge on any atom is -0.462 e. The summed E-state index contributed by atoms with van der Waals surface area (Å²) in [6, 6.07) is 6.13. The molecule has 0 saturated heterocycles. The molecule has 1 aromatic rings. The van der Waals surface area contributed by atoms with E-state index in [1.807, 2.05) is 13.0 Å². The van der Waals surface area contributed by atoms with Crippen LogP contribution in [0.1, 0.15) is 32.3 Å². The molecule has 0 bridgehead atoms. The van der Waals surface area contributed by atoms with E-state index >= 15 is 0 Å². The molecule has 0 aliphatic rings. The molecule has 0 spiro atoms. The van der Waals surface area contributed by atoms with Gasteiger partial charge in [-0.25, -0.2) is 4.79 Å². The first-order valence-electron chi connectivity index (χ1n) is 6.88. The van der Waals surface area contributed by atoms with Gasteiger partial charge in [-0.1, -0.05) is 25.5 Å². The number of carbonyl (C=O) groups is 1. The van der Waals surface area contributed by atoms with Gasteiger partial charge in [0, 0.05) is 12.1 Å². The number of hydrogen-bond donors (Lipinski definition) is 0. The van der Waals surface area contributed by atoms with Gasteiger partial charge < -0.3 is 4.74 Å². The van der Waals surface area contributed by atoms with Crippen LogP contribution in [0.5, 0.6) is 0 Å². The molecule has 112 valence electrons. The number of carbonyl (C=O) groups excluding carboxylic acids is 1. The Hall–Kier alpha value is -2.43. The first-order chi connectivity index (χ1) is 10.1. The average Bonchev–Trinajstić information content (AvgIpc) is 2.48. The molecule has 0 aliphatic carbocycles. The Balaban J connectivity index is 2.86. The number of unbranched alkanes of at least 4 members (excludes halogenated alkanes) is 1. The highest BCUT2D eigenvalue weighted by molar-refractivity contribution is 5.92. The average molecular weight is 289 g/mol. The van der Waals surface area contributed by atoms with Crippen LogP contribution in [0.15, 0.2) is 42.0 Å². The Kier molecular flexibility index (Phi) is 6.87. The number of hydrogen-bond acceptors (Lipinski definition) is 4. The number of nitro groups is 1. The third-order valence-corrected chi connectivity index (χ3v) is 2.72. The zero-order valence-corrected chi connectivity index (χ0v) is 12.2. The standard InChI is InChI=1S/C16H19NO4/c1-3-5-6-14(16(18)21-4-2)10-7-13-8-11-15(12-9-13)17(19)20/h6-12H,3-5H2,1-2H3/b10-7+,14-6+. The van der Waals surface area contributed by atoms with E-state index in [0.29, 0.717) is 12.2 Å². The summed E-state index contributed by atoms with van der Waals surface area (Å²) in [7, 11) is 0. The number of nitrogens with zero attached hydrogens (tertiary/aromatic N) is 1. The molecule has 5 nitrogen and oxygen atoms in total. The molecule has 5 heteroatoms. The first-order valence-corrected chi connectivity index (χ1v) is 6.88. The van der Waals surface area contributed by atoms with Crippen molar-refractivity contribution in [3.63, 3.8) is 0 Å². The van der Waals surface area contributed by atoms with Crippen LogP contribution < -0.4 is 0 Å². The van der Waals surface area contributed by atoms with E-state index < -0.39 is 4.92 Å². The summed E-state index contributed by atoms with van der Waals surface area (Å²) in [5.74, 6) is -0.357. The van der Waals surface area contributed by atoms with E-state index in [1.165, 1.54) is 12.1 Å². The second-order valence-corrected chi connectivity index (χ2v) is 4.35. The monoisotopic (exact) mass is 289 g/mol. The summed E-state index contributed by atoms with van der Waals surface area (Å²) in [5.41, 5.74) is 1.32. The number of allylic oxidation sites excluding steroid dienone is 1. The van der Waals surface area contributed by atoms with Crippen molar-refractivity contribution in [1.29, 1.82) is 0 Å². The second-order valence-electron chi connectivity index (χ2n) is 4.35. The molecule has 0 heterocycles. The van der Waals surface area contributed by atoms with Crippen molar-refractivity contribution in [3.05, 3.63) is 57.7 Å². The van der Waals surface area contributed by atoms with Gasteiger partial charge in [-0.2, -0.15) is 0 Å². The number of ether oxygens (including phenoxy) is 1. The maximum Gasteiger partial charge on any atom is 0.337 e. The maximum absolute atomic E-state index is 11.8. The van der Waals surface area contributed by atoms with E-state index in [-0.39, 0.29) is 11.7 Å². The van der Waals surface area contributed by atoms with Crippen LogP contribution in [0, 0.1) is 10.1 Å². The lowest BCUT2D eigenvalue weighted by atomic mass is 10.1. The van der Waals surface area contributed by atoms with Crippen LogP contribution in [0.25, 0.3) is 6.08 Å². The Labute approximate surface area is 124 Å². The van der Waals surface area contributed by atoms with Gasteiger partial charge in [0.05, 0.1) is 17.1 Å². The van der Waals surface area contributed by atoms with Gasteiger partial charge in [-0.05, 0) is 37.1 Å². The SMILES string of the molecule is CCC/C=C(\C=C\c1ccc([N+](=O)[O-])cc1)C(=O)OCC. The molecule has 0 aromatic heterocycles. The highest BCUT2D eigenvalue weighted by atomic mass is 16.6. The highest BCUT2D eigenvalue weighted by Gasteiger charge is 2.07. The van der Waals surface area contributed by atoms with E-state index in [9.17, 15) is 14.9 Å². The van der Waals surface area contributed by atoms with E-state index in [0.717, 1.165) is 18.4 Å². The first kappa shape index (κ1) is 16.6. The van der Waals surface area contributed by atoms with Crippen molar-refractivity contribution < 1.29 is 14.5 Å². The van der Waals surface area contributed by atoms with Crippen molar-refractivity contribution >= 4 is 17.7 Å². The van der Waals surface area contributed by atoms with Gasteiger partial charge in [0.1, 0.15) is 0 Å². The largest absolute Gasteiger partial charge is 0.462 e. The molecule has 1 rings (SSSR count). The topological polar surface area (TPSA) is 69.4 Å². The lowest BCUT2D eigenvalue weighted by Gasteiger charge is -2.02. The number of nitro benzene ring substituents is 1. The van der Waals surface area contributed by atoms with Gasteiger partial charge in [0.25, 0.3) is 5.69 Å². The molecule has 0 amide bonds. The second kappa shape index (κ2) is 8.68. The van der Waals surface area contributed by atoms with Crippen LogP contribution in [-0.2, 0) is 9.53 Å². The van der Waals surface area contributed by atoms with Gasteiger partial charge in [-0.3, -0.25) is 10.1 Å². The van der Waals surface area contributed by atoms with Crippen molar-refractivity contribution in [1.82, 2.24) is 0 Å². The third kappa shape index (κ3) is 5.60. The molecule has 0 N–H and O–H groups in total. The fourth-order valence-corrected chi connectivity index (χ4v) is 1.63. The number of rotatable bonds is 7. The molecule has 0 unspecified atom stereocenters. The summed E-state index contributed by atoms with van der Waals surface area (Å²) in [6.07, 6.45) is 6.98. The lowest BCUT2D eigenvalue weighted by molar-refractivity contribution is -0.384. The van der Waals surface area contributed by atoms with Crippen LogP contribution in [0.3, 0.4) is 0 Å². The van der Waals surface area contributed by atoms with Crippen LogP contribution in [0.2, 0.25) is 0 Å². The maximum atomic E-state index is 11.8. The molecule has 0 fully saturated rings. The Morgan fingerprint density at radius 3 is 2.48 bits per heavy atom. The van der Waals surface area contributed by atoms with Gasteiger partial charge in [0.2, 0.25) is 0 Å². The predicted molar refractivity (Wildman–Crippen MR) is 81.8 cm³/mol. The molecule has 0 atom stereocenters. The number of esters is 1. The van der Waals surface area contributed by atoms with Crippen LogP contribution in [-0.4, -0.2) is 17.5 Å². The normalized spacial score (nSPS) is 11.6. The van der Waals surface area contributed by atoms with Crippen molar-refractivity contribution in [2.24, 2.45) is 0 Å². The summed E-state index contributed by atoms with van der Waals surface area (Å²) >= 11 is 0. The Bertz CT molecular complexity index is 544. The molecular weight excluding hydrogens is 270 g/mol. The van der Waals surface area contributed by atoms with Gasteiger partial charge in [-0.15, -0.1) is 0 Å². The minimum atomic E-state index is -0.446. The molecule has 0 aliphatic heterocycles. The summed E-state index contributed by atoms with van der Waals surface area (Å²) in [6.45, 7) is 4.11. The van der Waals surface area contributed by atoms with Crippen LogP contribution in [0.4, 0.5) is 5.69 Å². The van der Waals surface area contributed by atoms with E-state index in [1.54, 1.807) is 31.2 Å². The minimum absolute atomic E-state index is 0.0410. The smallest absolute Gasteiger partial charge is 0.337 e. The fourth-order valence-electron chi connectivity index (χ4n) is 1.63. The molecule has 21 heavy (non-hydrogen) atoms. The van der Waals surface area contributed by atoms with Gasteiger partial charge in [0.15, 0.2) is 0 Å². The Morgan fingerprint density at radius 1 is 1.29 bits per heavy atom. The molecular formula is C16H19NO4. The quantitative estimate of drug-likeness (QED) is 0.251. The summed E-state index contributed by atoms with van der Waals surface area (Å²) in [4.78, 5) is 21.9. The highest BCUT2D eigenvalue weighted by Crippen LogP contribution is 2.14. The van der Waals surface area contributed by atoms with Crippen molar-refractivity contribution in [2.45, 2.75) is 26.7 Å². The van der Waals surface area contributed by atoms with Gasteiger partial charge >= 0.3 is 5.97 Å². The van der Waals surface area contributed by atoms with E-state index in [2.05, 4.69) is 0 Å². The molecule has 1 aromatic carbocycles. The molecule has 0 radical (unpaired) electrons. The lowest BCUT2D eigenvalue weighted by Crippen LogP contribution is -2.05. The third-order valence-electron chi connectivity index (χ3n) is 2.72. The number of benzene rings is 1. The summed E-state index contributed by atoms with van der Waals surface area (Å²) < 4.78 is 4.99. The zero-order chi connectivity index (χ0) is 15.7. The zero-order valence-electron chi connectivity index (χ0n) is 12.2. The predicted octanol–water partition coefficient (Wildman–Crippen LogP) is 3.90. The number of non-ortho nitro benzene ring substituents is 1. The van der Waals surface area contributed by atoms with Crippen LogP contribution >= 0.6 is 0 Å². The van der Waals surface area contributed by atoms with Crippen molar-refractivity contribution in [2.75, 3.05) is 6.61 Å².